The van der Waals surface area contributed by atoms with Crippen LogP contribution in [0.1, 0.15) is 6.42 Å². The van der Waals surface area contributed by atoms with Gasteiger partial charge in [-0.05, 0) is 0 Å². The molecule has 0 amide bonds. The van der Waals surface area contributed by atoms with Crippen LogP contribution < -0.4 is 0 Å². The fourth-order valence-corrected chi connectivity index (χ4v) is 1.05. The Labute approximate surface area is 63.8 Å². The molecule has 66 valence electrons. The molecular weight excluding hydrogens is 152 g/mol. The van der Waals surface area contributed by atoms with Crippen LogP contribution >= 0.6 is 0 Å². The van der Waals surface area contributed by atoms with Crippen LogP contribution in [0.15, 0.2) is 0 Å². The van der Waals surface area contributed by atoms with Gasteiger partial charge < -0.3 is 25.2 Å². The highest BCUT2D eigenvalue weighted by molar-refractivity contribution is 4.80. The van der Waals surface area contributed by atoms with Crippen LogP contribution in [0.2, 0.25) is 0 Å². The van der Waals surface area contributed by atoms with Gasteiger partial charge in [0.15, 0.2) is 6.29 Å². The van der Waals surface area contributed by atoms with Crippen LogP contribution in [0, 0.1) is 0 Å². The predicted molar refractivity (Wildman–Crippen MR) is 34.6 cm³/mol. The lowest BCUT2D eigenvalue weighted by Gasteiger charge is -2.14. The Bertz CT molecular complexity index is 118. The first kappa shape index (κ1) is 8.89. The number of rotatable bonds is 2. The fraction of sp³-hybridized carbons (Fsp3) is 1.00. The van der Waals surface area contributed by atoms with E-state index in [0.29, 0.717) is 0 Å². The molecule has 5 heteroatoms. The van der Waals surface area contributed by atoms with Gasteiger partial charge in [-0.2, -0.15) is 0 Å². The number of hydrogen-bond acceptors (Lipinski definition) is 5. The summed E-state index contributed by atoms with van der Waals surface area (Å²) in [6.45, 7) is -0.426. The van der Waals surface area contributed by atoms with Crippen molar-refractivity contribution in [3.05, 3.63) is 0 Å². The summed E-state index contributed by atoms with van der Waals surface area (Å²) in [6, 6.07) is 0. The molecule has 1 saturated heterocycles. The Morgan fingerprint density at radius 3 is 2.45 bits per heavy atom. The number of aliphatic hydroxyl groups is 4. The summed E-state index contributed by atoms with van der Waals surface area (Å²) in [5, 5.41) is 35.3. The molecule has 1 heterocycles. The molecule has 0 unspecified atom stereocenters. The van der Waals surface area contributed by atoms with Crippen molar-refractivity contribution < 1.29 is 25.2 Å². The van der Waals surface area contributed by atoms with E-state index in [0.717, 1.165) is 0 Å². The van der Waals surface area contributed by atoms with Gasteiger partial charge in [0.2, 0.25) is 0 Å². The molecule has 1 rings (SSSR count). The maximum absolute atomic E-state index is 9.00. The molecule has 0 bridgehead atoms. The van der Waals surface area contributed by atoms with Crippen molar-refractivity contribution in [2.45, 2.75) is 31.0 Å². The van der Waals surface area contributed by atoms with Crippen LogP contribution in [0.5, 0.6) is 0 Å². The Morgan fingerprint density at radius 2 is 2.09 bits per heavy atom. The van der Waals surface area contributed by atoms with Gasteiger partial charge in [0.05, 0.1) is 12.7 Å². The number of ether oxygens (including phenoxy) is 1. The summed E-state index contributed by atoms with van der Waals surface area (Å²) in [5.41, 5.74) is 0. The van der Waals surface area contributed by atoms with E-state index in [-0.39, 0.29) is 6.42 Å². The highest BCUT2D eigenvalue weighted by Crippen LogP contribution is 2.20. The minimum Gasteiger partial charge on any atom is -0.394 e. The molecule has 0 aromatic rings. The minimum atomic E-state index is -1.24. The van der Waals surface area contributed by atoms with E-state index in [2.05, 4.69) is 0 Å². The lowest BCUT2D eigenvalue weighted by Crippen LogP contribution is -2.29. The van der Waals surface area contributed by atoms with Gasteiger partial charge in [0, 0.05) is 6.42 Å². The largest absolute Gasteiger partial charge is 0.394 e. The van der Waals surface area contributed by atoms with Crippen molar-refractivity contribution >= 4 is 0 Å². The van der Waals surface area contributed by atoms with Crippen LogP contribution in [-0.4, -0.2) is 51.6 Å². The maximum atomic E-state index is 9.00. The van der Waals surface area contributed by atoms with Crippen molar-refractivity contribution in [3.63, 3.8) is 0 Å². The van der Waals surface area contributed by atoms with Crippen LogP contribution in [0.4, 0.5) is 0 Å². The maximum Gasteiger partial charge on any atom is 0.181 e. The van der Waals surface area contributed by atoms with E-state index in [9.17, 15) is 0 Å². The fourth-order valence-electron chi connectivity index (χ4n) is 1.05. The summed E-state index contributed by atoms with van der Waals surface area (Å²) in [7, 11) is 0. The number of hydrogen-bond donors (Lipinski definition) is 4. The molecule has 0 aromatic carbocycles. The molecule has 4 N–H and O–H groups in total. The highest BCUT2D eigenvalue weighted by Gasteiger charge is 2.36. The van der Waals surface area contributed by atoms with Crippen LogP contribution in [0.3, 0.4) is 0 Å². The third-order valence-electron chi connectivity index (χ3n) is 1.73. The van der Waals surface area contributed by atoms with E-state index in [1.54, 1.807) is 0 Å². The van der Waals surface area contributed by atoms with Gasteiger partial charge in [-0.1, -0.05) is 0 Å². The molecule has 5 nitrogen and oxygen atoms in total. The molecule has 0 spiro atoms. The molecule has 4 atom stereocenters. The van der Waals surface area contributed by atoms with Gasteiger partial charge in [-0.3, -0.25) is 0 Å². The van der Waals surface area contributed by atoms with Crippen molar-refractivity contribution in [2.24, 2.45) is 0 Å². The second-order valence-corrected chi connectivity index (χ2v) is 2.62. The molecule has 0 aromatic heterocycles. The molecule has 11 heavy (non-hydrogen) atoms. The highest BCUT2D eigenvalue weighted by atomic mass is 16.6. The molecule has 1 fully saturated rings. The normalized spacial score (nSPS) is 40.9. The van der Waals surface area contributed by atoms with Crippen LogP contribution in [-0.2, 0) is 4.74 Å². The zero-order valence-corrected chi connectivity index (χ0v) is 5.92. The Kier molecular flexibility index (Phi) is 2.80. The van der Waals surface area contributed by atoms with E-state index in [1.165, 1.54) is 0 Å². The monoisotopic (exact) mass is 164 g/mol. The lowest BCUT2D eigenvalue weighted by atomic mass is 10.1. The zero-order chi connectivity index (χ0) is 8.43. The third-order valence-corrected chi connectivity index (χ3v) is 1.73. The van der Waals surface area contributed by atoms with Crippen LogP contribution in [0.25, 0.3) is 0 Å². The van der Waals surface area contributed by atoms with Gasteiger partial charge in [-0.25, -0.2) is 0 Å². The summed E-state index contributed by atoms with van der Waals surface area (Å²) in [6.07, 6.45) is -3.72. The van der Waals surface area contributed by atoms with Gasteiger partial charge in [0.1, 0.15) is 12.2 Å². The van der Waals surface area contributed by atoms with Gasteiger partial charge >= 0.3 is 0 Å². The molecular formula is C6H12O5. The average Bonchev–Trinajstić information content (AvgIpc) is 2.31. The quantitative estimate of drug-likeness (QED) is 0.372. The van der Waals surface area contributed by atoms with E-state index in [4.69, 9.17) is 25.2 Å². The average molecular weight is 164 g/mol. The summed E-state index contributed by atoms with van der Waals surface area (Å²) in [5.74, 6) is 0. The molecule has 0 saturated carbocycles. The first-order valence-corrected chi connectivity index (χ1v) is 3.45. The first-order valence-electron chi connectivity index (χ1n) is 3.45. The van der Waals surface area contributed by atoms with E-state index in [1.807, 2.05) is 0 Å². The van der Waals surface area contributed by atoms with Crippen molar-refractivity contribution in [3.8, 4) is 0 Å². The molecule has 1 aliphatic rings. The summed E-state index contributed by atoms with van der Waals surface area (Å²) < 4.78 is 4.72. The Hall–Kier alpha value is -0.200. The van der Waals surface area contributed by atoms with Gasteiger partial charge in [-0.15, -0.1) is 0 Å². The molecule has 1 aliphatic heterocycles. The molecule has 0 radical (unpaired) electrons. The summed E-state index contributed by atoms with van der Waals surface area (Å²) >= 11 is 0. The minimum absolute atomic E-state index is 0.156. The Morgan fingerprint density at radius 1 is 1.45 bits per heavy atom. The van der Waals surface area contributed by atoms with Crippen molar-refractivity contribution in [1.82, 2.24) is 0 Å². The van der Waals surface area contributed by atoms with Crippen molar-refractivity contribution in [2.75, 3.05) is 6.61 Å². The van der Waals surface area contributed by atoms with Gasteiger partial charge in [0.25, 0.3) is 0 Å². The summed E-state index contributed by atoms with van der Waals surface area (Å²) in [4.78, 5) is 0. The van der Waals surface area contributed by atoms with Crippen molar-refractivity contribution in [1.29, 1.82) is 0 Å². The first-order chi connectivity index (χ1) is 5.15. The second kappa shape index (κ2) is 3.46. The predicted octanol–water partition coefficient (Wildman–Crippen LogP) is -2.19. The third kappa shape index (κ3) is 1.88. The van der Waals surface area contributed by atoms with E-state index < -0.39 is 31.2 Å². The zero-order valence-electron chi connectivity index (χ0n) is 5.92. The lowest BCUT2D eigenvalue weighted by molar-refractivity contribution is -0.149. The molecule has 0 aliphatic carbocycles. The number of aliphatic hydroxyl groups excluding tert-OH is 4. The van der Waals surface area contributed by atoms with E-state index >= 15 is 0 Å². The standard InChI is InChI=1S/C6H12O5/c7-2-4(9)5-1-3(8)6(10)11-5/h3-10H,1-2H2/t3-,4+,5-,6-/m0/s1. The Balaban J connectivity index is 2.40. The topological polar surface area (TPSA) is 90.2 Å². The SMILES string of the molecule is OC[C@@H](O)[C@@H]1C[C@H](O)[C@@H](O)O1. The smallest absolute Gasteiger partial charge is 0.181 e. The second-order valence-electron chi connectivity index (χ2n) is 2.62.